The lowest BCUT2D eigenvalue weighted by Crippen LogP contribution is -2.34. The molecule has 5 nitrogen and oxygen atoms in total. The van der Waals surface area contributed by atoms with Crippen molar-refractivity contribution < 1.29 is 14.2 Å². The Balaban J connectivity index is 1.41. The average Bonchev–Trinajstić information content (AvgIpc) is 3.22. The standard InChI is InChI=1S/C21H26FN3O2/c1-27-9-7-20-23-10-15(11-24-20)12-25-13-16-6-8-21(26,19(16)14-25)17-2-4-18(22)5-3-17/h2-5,10-11,16,19,26H,6-9,12-14H2,1H3. The topological polar surface area (TPSA) is 58.5 Å². The van der Waals surface area contributed by atoms with Crippen molar-refractivity contribution in [3.05, 3.63) is 59.4 Å². The van der Waals surface area contributed by atoms with Gasteiger partial charge in [0, 0.05) is 57.0 Å². The zero-order valence-electron chi connectivity index (χ0n) is 15.6. The van der Waals surface area contributed by atoms with Crippen LogP contribution in [0.4, 0.5) is 4.39 Å². The van der Waals surface area contributed by atoms with E-state index in [1.165, 1.54) is 12.1 Å². The molecule has 2 aromatic rings. The lowest BCUT2D eigenvalue weighted by atomic mass is 9.82. The van der Waals surface area contributed by atoms with Gasteiger partial charge in [-0.3, -0.25) is 4.90 Å². The molecule has 1 aromatic carbocycles. The van der Waals surface area contributed by atoms with E-state index in [0.29, 0.717) is 12.5 Å². The lowest BCUT2D eigenvalue weighted by molar-refractivity contribution is -0.00688. The van der Waals surface area contributed by atoms with Gasteiger partial charge in [-0.1, -0.05) is 12.1 Å². The summed E-state index contributed by atoms with van der Waals surface area (Å²) in [6.45, 7) is 3.22. The van der Waals surface area contributed by atoms with Crippen molar-refractivity contribution in [3.8, 4) is 0 Å². The number of hydrogen-bond acceptors (Lipinski definition) is 5. The lowest BCUT2D eigenvalue weighted by Gasteiger charge is -2.31. The number of hydrogen-bond donors (Lipinski definition) is 1. The highest BCUT2D eigenvalue weighted by molar-refractivity contribution is 5.27. The number of benzene rings is 1. The van der Waals surface area contributed by atoms with Crippen LogP contribution in [-0.2, 0) is 23.3 Å². The first-order valence-electron chi connectivity index (χ1n) is 9.58. The molecule has 1 aliphatic carbocycles. The van der Waals surface area contributed by atoms with Gasteiger partial charge in [-0.05, 0) is 36.5 Å². The summed E-state index contributed by atoms with van der Waals surface area (Å²) in [5.74, 6) is 1.19. The Labute approximate surface area is 159 Å². The van der Waals surface area contributed by atoms with Gasteiger partial charge in [0.1, 0.15) is 11.6 Å². The second-order valence-electron chi connectivity index (χ2n) is 7.78. The molecule has 6 heteroatoms. The molecule has 3 atom stereocenters. The highest BCUT2D eigenvalue weighted by Gasteiger charge is 2.52. The molecule has 1 saturated carbocycles. The zero-order chi connectivity index (χ0) is 18.9. The quantitative estimate of drug-likeness (QED) is 0.846. The van der Waals surface area contributed by atoms with Crippen LogP contribution in [0.5, 0.6) is 0 Å². The summed E-state index contributed by atoms with van der Waals surface area (Å²) in [6, 6.07) is 6.34. The number of aliphatic hydroxyl groups is 1. The Bertz CT molecular complexity index is 768. The van der Waals surface area contributed by atoms with Gasteiger partial charge in [-0.2, -0.15) is 0 Å². The van der Waals surface area contributed by atoms with Crippen molar-refractivity contribution in [2.75, 3.05) is 26.8 Å². The maximum absolute atomic E-state index is 13.3. The van der Waals surface area contributed by atoms with E-state index in [-0.39, 0.29) is 11.7 Å². The minimum absolute atomic E-state index is 0.185. The first-order chi connectivity index (χ1) is 13.1. The number of likely N-dealkylation sites (tertiary alicyclic amines) is 1. The molecule has 0 amide bonds. The Morgan fingerprint density at radius 3 is 2.67 bits per heavy atom. The van der Waals surface area contributed by atoms with Crippen LogP contribution in [-0.4, -0.2) is 46.8 Å². The van der Waals surface area contributed by atoms with E-state index in [1.807, 2.05) is 12.4 Å². The van der Waals surface area contributed by atoms with Gasteiger partial charge >= 0.3 is 0 Å². The number of rotatable bonds is 6. The van der Waals surface area contributed by atoms with Crippen LogP contribution in [0.15, 0.2) is 36.7 Å². The molecule has 1 aromatic heterocycles. The molecular formula is C21H26FN3O2. The van der Waals surface area contributed by atoms with Crippen LogP contribution < -0.4 is 0 Å². The fourth-order valence-corrected chi connectivity index (χ4v) is 4.65. The van der Waals surface area contributed by atoms with Crippen molar-refractivity contribution in [2.24, 2.45) is 11.8 Å². The van der Waals surface area contributed by atoms with Gasteiger partial charge in [-0.25, -0.2) is 14.4 Å². The van der Waals surface area contributed by atoms with Crippen molar-refractivity contribution in [2.45, 2.75) is 31.4 Å². The average molecular weight is 371 g/mol. The van der Waals surface area contributed by atoms with Gasteiger partial charge in [0.25, 0.3) is 0 Å². The molecule has 1 N–H and O–H groups in total. The normalized spacial score (nSPS) is 27.8. The number of methoxy groups -OCH3 is 1. The maximum Gasteiger partial charge on any atom is 0.130 e. The predicted molar refractivity (Wildman–Crippen MR) is 99.4 cm³/mol. The van der Waals surface area contributed by atoms with Crippen molar-refractivity contribution in [1.29, 1.82) is 0 Å². The molecule has 3 unspecified atom stereocenters. The highest BCUT2D eigenvalue weighted by atomic mass is 19.1. The second-order valence-corrected chi connectivity index (χ2v) is 7.78. The van der Waals surface area contributed by atoms with Crippen molar-refractivity contribution in [3.63, 3.8) is 0 Å². The van der Waals surface area contributed by atoms with Crippen LogP contribution in [0, 0.1) is 17.7 Å². The fraction of sp³-hybridized carbons (Fsp3) is 0.524. The van der Waals surface area contributed by atoms with E-state index >= 15 is 0 Å². The largest absolute Gasteiger partial charge is 0.385 e. The van der Waals surface area contributed by atoms with E-state index in [2.05, 4.69) is 14.9 Å². The Morgan fingerprint density at radius 2 is 1.96 bits per heavy atom. The Hall–Kier alpha value is -1.89. The minimum Gasteiger partial charge on any atom is -0.385 e. The predicted octanol–water partition coefficient (Wildman–Crippen LogP) is 2.53. The molecule has 2 fully saturated rings. The number of aromatic nitrogens is 2. The summed E-state index contributed by atoms with van der Waals surface area (Å²) in [5, 5.41) is 11.3. The molecule has 4 rings (SSSR count). The third-order valence-electron chi connectivity index (χ3n) is 6.07. The highest BCUT2D eigenvalue weighted by Crippen LogP contribution is 2.50. The van der Waals surface area contributed by atoms with E-state index in [9.17, 15) is 9.50 Å². The summed E-state index contributed by atoms with van der Waals surface area (Å²) in [6.07, 6.45) is 6.24. The van der Waals surface area contributed by atoms with Crippen LogP contribution in [0.2, 0.25) is 0 Å². The number of halogens is 1. The third-order valence-corrected chi connectivity index (χ3v) is 6.07. The second kappa shape index (κ2) is 7.62. The van der Waals surface area contributed by atoms with E-state index in [0.717, 1.165) is 55.8 Å². The molecule has 2 heterocycles. The molecule has 144 valence electrons. The first-order valence-corrected chi connectivity index (χ1v) is 9.58. The molecule has 27 heavy (non-hydrogen) atoms. The SMILES string of the molecule is COCCc1ncc(CN2CC3CCC(O)(c4ccc(F)cc4)C3C2)cn1. The van der Waals surface area contributed by atoms with Gasteiger partial charge < -0.3 is 9.84 Å². The monoisotopic (exact) mass is 371 g/mol. The number of nitrogens with zero attached hydrogens (tertiary/aromatic N) is 3. The summed E-state index contributed by atoms with van der Waals surface area (Å²) < 4.78 is 18.3. The fourth-order valence-electron chi connectivity index (χ4n) is 4.65. The first kappa shape index (κ1) is 18.5. The smallest absolute Gasteiger partial charge is 0.130 e. The van der Waals surface area contributed by atoms with Gasteiger partial charge in [0.05, 0.1) is 12.2 Å². The maximum atomic E-state index is 13.3. The van der Waals surface area contributed by atoms with Crippen molar-refractivity contribution in [1.82, 2.24) is 14.9 Å². The molecule has 2 aliphatic rings. The van der Waals surface area contributed by atoms with Gasteiger partial charge in [0.2, 0.25) is 0 Å². The summed E-state index contributed by atoms with van der Waals surface area (Å²) in [5.41, 5.74) is 1.07. The molecule has 0 spiro atoms. The molecule has 1 saturated heterocycles. The Morgan fingerprint density at radius 1 is 1.22 bits per heavy atom. The zero-order valence-corrected chi connectivity index (χ0v) is 15.6. The molecule has 0 bridgehead atoms. The summed E-state index contributed by atoms with van der Waals surface area (Å²) in [4.78, 5) is 11.2. The van der Waals surface area contributed by atoms with Crippen LogP contribution in [0.1, 0.15) is 29.8 Å². The van der Waals surface area contributed by atoms with Gasteiger partial charge in [-0.15, -0.1) is 0 Å². The number of ether oxygens (including phenoxy) is 1. The van der Waals surface area contributed by atoms with Crippen LogP contribution in [0.3, 0.4) is 0 Å². The van der Waals surface area contributed by atoms with Crippen LogP contribution in [0.25, 0.3) is 0 Å². The van der Waals surface area contributed by atoms with E-state index in [4.69, 9.17) is 4.74 Å². The van der Waals surface area contributed by atoms with Gasteiger partial charge in [0.15, 0.2) is 0 Å². The number of fused-ring (bicyclic) bond motifs is 1. The molecule has 0 radical (unpaired) electrons. The van der Waals surface area contributed by atoms with E-state index < -0.39 is 5.60 Å². The van der Waals surface area contributed by atoms with E-state index in [1.54, 1.807) is 19.2 Å². The van der Waals surface area contributed by atoms with Crippen molar-refractivity contribution >= 4 is 0 Å². The summed E-state index contributed by atoms with van der Waals surface area (Å²) in [7, 11) is 1.67. The Kier molecular flexibility index (Phi) is 5.21. The molecular weight excluding hydrogens is 345 g/mol. The summed E-state index contributed by atoms with van der Waals surface area (Å²) >= 11 is 0. The minimum atomic E-state index is -0.854. The molecule has 1 aliphatic heterocycles. The van der Waals surface area contributed by atoms with Crippen LogP contribution >= 0.6 is 0 Å². The third kappa shape index (κ3) is 3.74.